The van der Waals surface area contributed by atoms with Gasteiger partial charge in [-0.05, 0) is 37.3 Å². The number of benzene rings is 1. The van der Waals surface area contributed by atoms with E-state index in [1.165, 1.54) is 12.0 Å². The van der Waals surface area contributed by atoms with E-state index in [1.807, 2.05) is 19.1 Å². The Morgan fingerprint density at radius 2 is 1.96 bits per heavy atom. The Bertz CT molecular complexity index is 738. The fraction of sp³-hybridized carbons (Fsp3) is 0.294. The lowest BCUT2D eigenvalue weighted by molar-refractivity contribution is -0.119. The van der Waals surface area contributed by atoms with Crippen LogP contribution in [0.25, 0.3) is 0 Å². The predicted octanol–water partition coefficient (Wildman–Crippen LogP) is 1.73. The first-order chi connectivity index (χ1) is 11.4. The predicted molar refractivity (Wildman–Crippen MR) is 86.9 cm³/mol. The van der Waals surface area contributed by atoms with E-state index in [1.54, 1.807) is 25.2 Å². The number of furan rings is 1. The molecule has 0 aliphatic carbocycles. The molecule has 0 radical (unpaired) electrons. The number of primary amides is 1. The Hall–Kier alpha value is -2.96. The van der Waals surface area contributed by atoms with Crippen molar-refractivity contribution >= 4 is 11.8 Å². The van der Waals surface area contributed by atoms with Crippen LogP contribution in [0.2, 0.25) is 0 Å². The molecular formula is C17H20N2O5. The number of aryl methyl sites for hydroxylation is 1. The van der Waals surface area contributed by atoms with Crippen LogP contribution in [-0.2, 0) is 11.3 Å². The zero-order valence-corrected chi connectivity index (χ0v) is 13.9. The molecule has 0 spiro atoms. The first-order valence-electron chi connectivity index (χ1n) is 7.30. The zero-order valence-electron chi connectivity index (χ0n) is 13.9. The Labute approximate surface area is 139 Å². The molecule has 2 aromatic rings. The second-order valence-corrected chi connectivity index (χ2v) is 5.29. The second kappa shape index (κ2) is 7.54. The van der Waals surface area contributed by atoms with E-state index in [2.05, 4.69) is 0 Å². The maximum atomic E-state index is 12.5. The van der Waals surface area contributed by atoms with E-state index in [4.69, 9.17) is 19.6 Å². The van der Waals surface area contributed by atoms with Crippen LogP contribution in [0.15, 0.2) is 34.7 Å². The van der Waals surface area contributed by atoms with Gasteiger partial charge in [-0.1, -0.05) is 0 Å². The number of rotatable bonds is 7. The fourth-order valence-electron chi connectivity index (χ4n) is 2.16. The van der Waals surface area contributed by atoms with E-state index >= 15 is 0 Å². The normalized spacial score (nSPS) is 10.3. The van der Waals surface area contributed by atoms with Gasteiger partial charge in [-0.2, -0.15) is 0 Å². The second-order valence-electron chi connectivity index (χ2n) is 5.29. The SMILES string of the molecule is COc1cc(C(=O)N(C)Cc2ccc(C)o2)ccc1OCC(N)=O. The summed E-state index contributed by atoms with van der Waals surface area (Å²) in [6, 6.07) is 8.41. The molecule has 0 saturated heterocycles. The van der Waals surface area contributed by atoms with Crippen molar-refractivity contribution in [3.05, 3.63) is 47.4 Å². The van der Waals surface area contributed by atoms with Gasteiger partial charge in [-0.25, -0.2) is 0 Å². The molecule has 2 N–H and O–H groups in total. The lowest BCUT2D eigenvalue weighted by atomic mass is 10.1. The van der Waals surface area contributed by atoms with E-state index in [-0.39, 0.29) is 12.5 Å². The molecule has 0 unspecified atom stereocenters. The first-order valence-corrected chi connectivity index (χ1v) is 7.30. The Morgan fingerprint density at radius 1 is 1.21 bits per heavy atom. The van der Waals surface area contributed by atoms with Crippen LogP contribution < -0.4 is 15.2 Å². The minimum absolute atomic E-state index is 0.191. The number of carbonyl (C=O) groups excluding carboxylic acids is 2. The summed E-state index contributed by atoms with van der Waals surface area (Å²) in [6.45, 7) is 1.94. The van der Waals surface area contributed by atoms with Crippen molar-refractivity contribution < 1.29 is 23.5 Å². The molecule has 128 valence electrons. The van der Waals surface area contributed by atoms with Gasteiger partial charge in [0.2, 0.25) is 0 Å². The van der Waals surface area contributed by atoms with Gasteiger partial charge in [-0.15, -0.1) is 0 Å². The van der Waals surface area contributed by atoms with Gasteiger partial charge < -0.3 is 24.5 Å². The molecule has 0 aliphatic heterocycles. The summed E-state index contributed by atoms with van der Waals surface area (Å²) in [7, 11) is 3.14. The molecule has 0 bridgehead atoms. The number of amides is 2. The zero-order chi connectivity index (χ0) is 17.7. The molecule has 0 aliphatic rings. The van der Waals surface area contributed by atoms with E-state index in [0.29, 0.717) is 29.4 Å². The highest BCUT2D eigenvalue weighted by Crippen LogP contribution is 2.28. The van der Waals surface area contributed by atoms with Gasteiger partial charge in [0.05, 0.1) is 13.7 Å². The maximum absolute atomic E-state index is 12.5. The van der Waals surface area contributed by atoms with Crippen LogP contribution in [0.4, 0.5) is 0 Å². The largest absolute Gasteiger partial charge is 0.493 e. The van der Waals surface area contributed by atoms with Crippen LogP contribution in [-0.4, -0.2) is 37.5 Å². The topological polar surface area (TPSA) is 95.0 Å². The summed E-state index contributed by atoms with van der Waals surface area (Å²) >= 11 is 0. The summed E-state index contributed by atoms with van der Waals surface area (Å²) in [4.78, 5) is 24.9. The fourth-order valence-corrected chi connectivity index (χ4v) is 2.16. The molecule has 7 heteroatoms. The number of nitrogens with zero attached hydrogens (tertiary/aromatic N) is 1. The van der Waals surface area contributed by atoms with E-state index in [0.717, 1.165) is 5.76 Å². The van der Waals surface area contributed by atoms with Gasteiger partial charge in [0.1, 0.15) is 11.5 Å². The first kappa shape index (κ1) is 17.4. The number of nitrogens with two attached hydrogens (primary N) is 1. The average Bonchev–Trinajstić information content (AvgIpc) is 2.96. The number of ether oxygens (including phenoxy) is 2. The van der Waals surface area contributed by atoms with Gasteiger partial charge in [0.15, 0.2) is 18.1 Å². The van der Waals surface area contributed by atoms with Gasteiger partial charge >= 0.3 is 0 Å². The summed E-state index contributed by atoms with van der Waals surface area (Å²) < 4.78 is 15.9. The molecule has 2 amide bonds. The van der Waals surface area contributed by atoms with E-state index in [9.17, 15) is 9.59 Å². The number of methoxy groups -OCH3 is 1. The van der Waals surface area contributed by atoms with Crippen molar-refractivity contribution in [2.75, 3.05) is 20.8 Å². The summed E-state index contributed by atoms with van der Waals surface area (Å²) in [5.41, 5.74) is 5.48. The highest BCUT2D eigenvalue weighted by atomic mass is 16.5. The summed E-state index contributed by atoms with van der Waals surface area (Å²) in [5.74, 6) is 1.41. The van der Waals surface area contributed by atoms with Crippen molar-refractivity contribution in [2.45, 2.75) is 13.5 Å². The number of hydrogen-bond donors (Lipinski definition) is 1. The number of carbonyl (C=O) groups is 2. The number of hydrogen-bond acceptors (Lipinski definition) is 5. The Balaban J connectivity index is 2.12. The smallest absolute Gasteiger partial charge is 0.255 e. The third-order valence-corrected chi connectivity index (χ3v) is 3.32. The molecule has 0 saturated carbocycles. The van der Waals surface area contributed by atoms with Crippen LogP contribution in [0.3, 0.4) is 0 Å². The average molecular weight is 332 g/mol. The molecule has 2 rings (SSSR count). The molecule has 7 nitrogen and oxygen atoms in total. The highest BCUT2D eigenvalue weighted by Gasteiger charge is 2.16. The van der Waals surface area contributed by atoms with E-state index < -0.39 is 5.91 Å². The van der Waals surface area contributed by atoms with Crippen LogP contribution >= 0.6 is 0 Å². The molecule has 0 fully saturated rings. The minimum Gasteiger partial charge on any atom is -0.493 e. The summed E-state index contributed by atoms with van der Waals surface area (Å²) in [5, 5.41) is 0. The van der Waals surface area contributed by atoms with Gasteiger partial charge in [0, 0.05) is 12.6 Å². The molecular weight excluding hydrogens is 312 g/mol. The van der Waals surface area contributed by atoms with Crippen molar-refractivity contribution in [3.63, 3.8) is 0 Å². The van der Waals surface area contributed by atoms with Gasteiger partial charge in [0.25, 0.3) is 11.8 Å². The van der Waals surface area contributed by atoms with Crippen molar-refractivity contribution in [2.24, 2.45) is 5.73 Å². The van der Waals surface area contributed by atoms with Crippen LogP contribution in [0, 0.1) is 6.92 Å². The van der Waals surface area contributed by atoms with Crippen molar-refractivity contribution in [1.29, 1.82) is 0 Å². The standard InChI is InChI=1S/C17H20N2O5/c1-11-4-6-13(24-11)9-19(2)17(21)12-5-7-14(15(8-12)22-3)23-10-16(18)20/h4-8H,9-10H2,1-3H3,(H2,18,20). The van der Waals surface area contributed by atoms with Crippen LogP contribution in [0.1, 0.15) is 21.9 Å². The van der Waals surface area contributed by atoms with Gasteiger partial charge in [-0.3, -0.25) is 9.59 Å². The van der Waals surface area contributed by atoms with Crippen molar-refractivity contribution in [1.82, 2.24) is 4.90 Å². The molecule has 1 heterocycles. The summed E-state index contributed by atoms with van der Waals surface area (Å²) in [6.07, 6.45) is 0. The molecule has 24 heavy (non-hydrogen) atoms. The molecule has 1 aromatic carbocycles. The minimum atomic E-state index is -0.592. The lowest BCUT2D eigenvalue weighted by Crippen LogP contribution is -2.26. The third-order valence-electron chi connectivity index (χ3n) is 3.32. The quantitative estimate of drug-likeness (QED) is 0.833. The molecule has 1 aromatic heterocycles. The third kappa shape index (κ3) is 4.28. The van der Waals surface area contributed by atoms with Crippen molar-refractivity contribution in [3.8, 4) is 11.5 Å². The molecule has 0 atom stereocenters. The highest BCUT2D eigenvalue weighted by molar-refractivity contribution is 5.94. The Kier molecular flexibility index (Phi) is 5.47. The van der Waals surface area contributed by atoms with Crippen LogP contribution in [0.5, 0.6) is 11.5 Å². The maximum Gasteiger partial charge on any atom is 0.255 e. The monoisotopic (exact) mass is 332 g/mol. The Morgan fingerprint density at radius 3 is 2.54 bits per heavy atom. The lowest BCUT2D eigenvalue weighted by Gasteiger charge is -2.17.